The third-order valence-corrected chi connectivity index (χ3v) is 5.87. The van der Waals surface area contributed by atoms with Crippen LogP contribution in [0.25, 0.3) is 10.4 Å². The van der Waals surface area contributed by atoms with Crippen molar-refractivity contribution in [3.63, 3.8) is 0 Å². The standard InChI is InChI=1S/C20H29N3O3/c1-25-10-11-26-20-9-5-6-16(13-20)12-19(24,15-20)14-18(22-23-21)17-7-3-2-4-8-17/h2-4,7-8,16,18,24H,5-6,9-15H2,1H3/t16?,18-,19-,20-/m1/s1. The molecule has 1 unspecified atom stereocenters. The van der Waals surface area contributed by atoms with E-state index < -0.39 is 5.60 Å². The third kappa shape index (κ3) is 4.57. The fourth-order valence-corrected chi connectivity index (χ4v) is 4.99. The Morgan fingerprint density at radius 3 is 2.85 bits per heavy atom. The molecule has 4 atom stereocenters. The normalized spacial score (nSPS) is 31.8. The maximum Gasteiger partial charge on any atom is 0.0713 e. The van der Waals surface area contributed by atoms with Gasteiger partial charge in [-0.2, -0.15) is 0 Å². The van der Waals surface area contributed by atoms with Crippen molar-refractivity contribution in [2.45, 2.75) is 62.2 Å². The summed E-state index contributed by atoms with van der Waals surface area (Å²) in [5, 5.41) is 15.4. The lowest BCUT2D eigenvalue weighted by Crippen LogP contribution is -2.53. The predicted octanol–water partition coefficient (Wildman–Crippen LogP) is 4.55. The Morgan fingerprint density at radius 2 is 2.12 bits per heavy atom. The van der Waals surface area contributed by atoms with Crippen LogP contribution in [0, 0.1) is 5.92 Å². The highest BCUT2D eigenvalue weighted by atomic mass is 16.5. The lowest BCUT2D eigenvalue weighted by atomic mass is 9.62. The van der Waals surface area contributed by atoms with Gasteiger partial charge in [-0.3, -0.25) is 0 Å². The maximum absolute atomic E-state index is 11.5. The number of benzene rings is 1. The first kappa shape index (κ1) is 19.2. The van der Waals surface area contributed by atoms with E-state index in [2.05, 4.69) is 10.0 Å². The van der Waals surface area contributed by atoms with Crippen LogP contribution in [0.4, 0.5) is 0 Å². The van der Waals surface area contributed by atoms with Crippen LogP contribution in [-0.2, 0) is 9.47 Å². The van der Waals surface area contributed by atoms with Gasteiger partial charge < -0.3 is 14.6 Å². The average Bonchev–Trinajstić information content (AvgIpc) is 2.62. The van der Waals surface area contributed by atoms with E-state index in [1.807, 2.05) is 30.3 Å². The van der Waals surface area contributed by atoms with Crippen LogP contribution in [0.5, 0.6) is 0 Å². The van der Waals surface area contributed by atoms with E-state index >= 15 is 0 Å². The predicted molar refractivity (Wildman–Crippen MR) is 99.6 cm³/mol. The zero-order valence-corrected chi connectivity index (χ0v) is 15.5. The van der Waals surface area contributed by atoms with E-state index in [0.717, 1.165) is 37.7 Å². The molecule has 26 heavy (non-hydrogen) atoms. The molecule has 6 heteroatoms. The summed E-state index contributed by atoms with van der Waals surface area (Å²) in [4.78, 5) is 3.03. The number of hydrogen-bond acceptors (Lipinski definition) is 4. The summed E-state index contributed by atoms with van der Waals surface area (Å²) in [5.74, 6) is 0.465. The molecule has 0 saturated heterocycles. The Hall–Kier alpha value is -1.59. The fraction of sp³-hybridized carbons (Fsp3) is 0.700. The number of nitrogens with zero attached hydrogens (tertiary/aromatic N) is 3. The van der Waals surface area contributed by atoms with E-state index in [-0.39, 0.29) is 11.6 Å². The molecule has 0 heterocycles. The van der Waals surface area contributed by atoms with E-state index in [4.69, 9.17) is 15.0 Å². The van der Waals surface area contributed by atoms with Gasteiger partial charge in [-0.05, 0) is 42.7 Å². The van der Waals surface area contributed by atoms with Crippen molar-refractivity contribution in [1.82, 2.24) is 0 Å². The number of azide groups is 1. The summed E-state index contributed by atoms with van der Waals surface area (Å²) >= 11 is 0. The number of aliphatic hydroxyl groups is 1. The van der Waals surface area contributed by atoms with Crippen LogP contribution in [0.15, 0.2) is 35.4 Å². The largest absolute Gasteiger partial charge is 0.390 e. The molecule has 1 aromatic rings. The Labute approximate surface area is 155 Å². The van der Waals surface area contributed by atoms with E-state index in [1.165, 1.54) is 0 Å². The number of hydrogen-bond donors (Lipinski definition) is 1. The van der Waals surface area contributed by atoms with Crippen LogP contribution in [0.3, 0.4) is 0 Å². The quantitative estimate of drug-likeness (QED) is 0.320. The van der Waals surface area contributed by atoms with Gasteiger partial charge in [0.05, 0.1) is 30.5 Å². The number of ether oxygens (including phenoxy) is 2. The van der Waals surface area contributed by atoms with Crippen LogP contribution in [-0.4, -0.2) is 36.6 Å². The molecule has 0 aliphatic heterocycles. The molecule has 2 aliphatic carbocycles. The lowest BCUT2D eigenvalue weighted by Gasteiger charge is -2.52. The summed E-state index contributed by atoms with van der Waals surface area (Å²) in [5.41, 5.74) is 8.81. The smallest absolute Gasteiger partial charge is 0.0713 e. The van der Waals surface area contributed by atoms with Crippen molar-refractivity contribution in [2.75, 3.05) is 20.3 Å². The van der Waals surface area contributed by atoms with Crippen molar-refractivity contribution in [3.8, 4) is 0 Å². The first-order valence-electron chi connectivity index (χ1n) is 9.53. The fourth-order valence-electron chi connectivity index (χ4n) is 4.99. The molecule has 2 saturated carbocycles. The molecule has 0 radical (unpaired) electrons. The molecular formula is C20H29N3O3. The lowest BCUT2D eigenvalue weighted by molar-refractivity contribution is -0.176. The molecule has 1 N–H and O–H groups in total. The van der Waals surface area contributed by atoms with Gasteiger partial charge in [-0.15, -0.1) is 0 Å². The van der Waals surface area contributed by atoms with Crippen molar-refractivity contribution >= 4 is 0 Å². The second kappa shape index (κ2) is 8.40. The maximum atomic E-state index is 11.5. The van der Waals surface area contributed by atoms with Gasteiger partial charge in [0.1, 0.15) is 0 Å². The molecule has 2 bridgehead atoms. The van der Waals surface area contributed by atoms with Crippen LogP contribution >= 0.6 is 0 Å². The van der Waals surface area contributed by atoms with Gasteiger partial charge in [0.2, 0.25) is 0 Å². The highest BCUT2D eigenvalue weighted by Crippen LogP contribution is 2.51. The highest BCUT2D eigenvalue weighted by Gasteiger charge is 2.50. The van der Waals surface area contributed by atoms with Gasteiger partial charge in [-0.1, -0.05) is 48.3 Å². The summed E-state index contributed by atoms with van der Waals surface area (Å²) in [6.07, 6.45) is 6.06. The van der Waals surface area contributed by atoms with Gasteiger partial charge in [0.25, 0.3) is 0 Å². The second-order valence-corrected chi connectivity index (χ2v) is 7.93. The Kier molecular flexibility index (Phi) is 6.20. The molecule has 0 aromatic heterocycles. The van der Waals surface area contributed by atoms with Gasteiger partial charge in [0, 0.05) is 18.4 Å². The molecule has 3 rings (SSSR count). The Balaban J connectivity index is 1.77. The zero-order chi connectivity index (χ0) is 18.5. The number of methoxy groups -OCH3 is 1. The first-order chi connectivity index (χ1) is 12.6. The van der Waals surface area contributed by atoms with Crippen molar-refractivity contribution in [1.29, 1.82) is 0 Å². The SMILES string of the molecule is COCCO[C@@]12CCCC(C[C@@](O)(C[C@@H](N=[N+]=[N-])c3ccccc3)C1)C2. The minimum absolute atomic E-state index is 0.272. The minimum atomic E-state index is -0.870. The molecule has 6 nitrogen and oxygen atoms in total. The van der Waals surface area contributed by atoms with Crippen molar-refractivity contribution in [3.05, 3.63) is 46.3 Å². The summed E-state index contributed by atoms with van der Waals surface area (Å²) in [7, 11) is 1.67. The Bertz CT molecular complexity index is 634. The van der Waals surface area contributed by atoms with Crippen LogP contribution in [0.1, 0.15) is 56.6 Å². The molecule has 0 amide bonds. The first-order valence-corrected chi connectivity index (χ1v) is 9.53. The number of rotatable bonds is 8. The van der Waals surface area contributed by atoms with E-state index in [1.54, 1.807) is 7.11 Å². The summed E-state index contributed by atoms with van der Waals surface area (Å²) < 4.78 is 11.4. The van der Waals surface area contributed by atoms with Gasteiger partial charge in [-0.25, -0.2) is 0 Å². The molecule has 142 valence electrons. The van der Waals surface area contributed by atoms with Gasteiger partial charge in [0.15, 0.2) is 0 Å². The Morgan fingerprint density at radius 1 is 1.31 bits per heavy atom. The van der Waals surface area contributed by atoms with E-state index in [0.29, 0.717) is 32.0 Å². The molecular weight excluding hydrogens is 330 g/mol. The van der Waals surface area contributed by atoms with Crippen molar-refractivity contribution < 1.29 is 14.6 Å². The van der Waals surface area contributed by atoms with Crippen molar-refractivity contribution in [2.24, 2.45) is 11.0 Å². The monoisotopic (exact) mass is 359 g/mol. The summed E-state index contributed by atoms with van der Waals surface area (Å²) in [6.45, 7) is 1.12. The molecule has 0 spiro atoms. The third-order valence-electron chi connectivity index (χ3n) is 5.87. The molecule has 1 aromatic carbocycles. The molecule has 2 fully saturated rings. The average molecular weight is 359 g/mol. The second-order valence-electron chi connectivity index (χ2n) is 7.93. The topological polar surface area (TPSA) is 87.5 Å². The number of fused-ring (bicyclic) bond motifs is 2. The minimum Gasteiger partial charge on any atom is -0.390 e. The van der Waals surface area contributed by atoms with Crippen LogP contribution < -0.4 is 0 Å². The zero-order valence-electron chi connectivity index (χ0n) is 15.5. The van der Waals surface area contributed by atoms with Crippen LogP contribution in [0.2, 0.25) is 0 Å². The highest BCUT2D eigenvalue weighted by molar-refractivity contribution is 5.20. The summed E-state index contributed by atoms with van der Waals surface area (Å²) in [6, 6.07) is 9.36. The van der Waals surface area contributed by atoms with Gasteiger partial charge >= 0.3 is 0 Å². The van der Waals surface area contributed by atoms with E-state index in [9.17, 15) is 5.11 Å². The molecule has 2 aliphatic rings.